The molecule has 0 spiro atoms. The van der Waals surface area contributed by atoms with Crippen LogP contribution in [-0.4, -0.2) is 15.0 Å². The molecule has 0 radical (unpaired) electrons. The molecule has 0 amide bonds. The normalized spacial score (nSPS) is 10.4. The van der Waals surface area contributed by atoms with E-state index in [-0.39, 0.29) is 0 Å². The fourth-order valence-corrected chi connectivity index (χ4v) is 1.22. The predicted molar refractivity (Wildman–Crippen MR) is 51.7 cm³/mol. The summed E-state index contributed by atoms with van der Waals surface area (Å²) >= 11 is 0. The van der Waals surface area contributed by atoms with Crippen LogP contribution in [0.25, 0.3) is 0 Å². The van der Waals surface area contributed by atoms with Crippen molar-refractivity contribution in [3.8, 4) is 0 Å². The number of aromatic nitrogens is 3. The van der Waals surface area contributed by atoms with Crippen LogP contribution < -0.4 is 5.32 Å². The van der Waals surface area contributed by atoms with Crippen LogP contribution >= 0.6 is 0 Å². The van der Waals surface area contributed by atoms with Gasteiger partial charge in [-0.1, -0.05) is 5.21 Å². The first-order valence-corrected chi connectivity index (χ1v) is 4.55. The molecular formula is C9H12N4O. The van der Waals surface area contributed by atoms with Crippen molar-refractivity contribution in [3.05, 3.63) is 30.4 Å². The Balaban J connectivity index is 1.98. The molecule has 5 heteroatoms. The van der Waals surface area contributed by atoms with Crippen LogP contribution in [-0.2, 0) is 13.1 Å². The molecule has 2 aromatic heterocycles. The monoisotopic (exact) mass is 192 g/mol. The van der Waals surface area contributed by atoms with E-state index in [2.05, 4.69) is 15.6 Å². The molecule has 0 aromatic carbocycles. The third-order valence-electron chi connectivity index (χ3n) is 1.94. The molecule has 5 nitrogen and oxygen atoms in total. The second kappa shape index (κ2) is 3.95. The minimum Gasteiger partial charge on any atom is -0.467 e. The fourth-order valence-electron chi connectivity index (χ4n) is 1.22. The molecule has 2 heterocycles. The van der Waals surface area contributed by atoms with Gasteiger partial charge >= 0.3 is 0 Å². The molecule has 0 saturated carbocycles. The lowest BCUT2D eigenvalue weighted by atomic mass is 10.4. The molecule has 14 heavy (non-hydrogen) atoms. The SMILES string of the molecule is CCn1nncc1NCc1ccco1. The van der Waals surface area contributed by atoms with E-state index in [1.807, 2.05) is 19.1 Å². The summed E-state index contributed by atoms with van der Waals surface area (Å²) < 4.78 is 6.99. The minimum absolute atomic E-state index is 0.653. The predicted octanol–water partition coefficient (Wildman–Crippen LogP) is 1.50. The Bertz CT molecular complexity index is 379. The highest BCUT2D eigenvalue weighted by atomic mass is 16.3. The lowest BCUT2D eigenvalue weighted by molar-refractivity contribution is 0.516. The van der Waals surface area contributed by atoms with Gasteiger partial charge in [0.05, 0.1) is 19.0 Å². The van der Waals surface area contributed by atoms with Crippen LogP contribution in [0.3, 0.4) is 0 Å². The highest BCUT2D eigenvalue weighted by molar-refractivity contribution is 5.31. The van der Waals surface area contributed by atoms with Gasteiger partial charge in [-0.25, -0.2) is 4.68 Å². The maximum atomic E-state index is 5.19. The largest absolute Gasteiger partial charge is 0.467 e. The van der Waals surface area contributed by atoms with E-state index < -0.39 is 0 Å². The second-order valence-corrected chi connectivity index (χ2v) is 2.87. The molecule has 0 unspecified atom stereocenters. The summed E-state index contributed by atoms with van der Waals surface area (Å²) in [7, 11) is 0. The molecule has 0 bridgehead atoms. The molecule has 0 saturated heterocycles. The van der Waals surface area contributed by atoms with Gasteiger partial charge in [0.25, 0.3) is 0 Å². The standard InChI is InChI=1S/C9H12N4O/c1-2-13-9(7-11-12-13)10-6-8-4-3-5-14-8/h3-5,7,10H,2,6H2,1H3. The van der Waals surface area contributed by atoms with Crippen LogP contribution in [0, 0.1) is 0 Å². The zero-order valence-electron chi connectivity index (χ0n) is 7.97. The molecule has 1 N–H and O–H groups in total. The van der Waals surface area contributed by atoms with Gasteiger partial charge in [0.1, 0.15) is 11.6 Å². The van der Waals surface area contributed by atoms with Crippen molar-refractivity contribution in [1.82, 2.24) is 15.0 Å². The van der Waals surface area contributed by atoms with E-state index in [4.69, 9.17) is 4.42 Å². The summed E-state index contributed by atoms with van der Waals surface area (Å²) in [5.41, 5.74) is 0. The molecule has 0 fully saturated rings. The number of furan rings is 1. The Kier molecular flexibility index (Phi) is 2.48. The Labute approximate surface area is 81.7 Å². The van der Waals surface area contributed by atoms with Gasteiger partial charge in [-0.15, -0.1) is 5.10 Å². The number of nitrogens with zero attached hydrogens (tertiary/aromatic N) is 3. The van der Waals surface area contributed by atoms with Gasteiger partial charge in [-0.2, -0.15) is 0 Å². The maximum Gasteiger partial charge on any atom is 0.145 e. The topological polar surface area (TPSA) is 55.9 Å². The number of hydrogen-bond acceptors (Lipinski definition) is 4. The van der Waals surface area contributed by atoms with E-state index in [0.717, 1.165) is 18.1 Å². The third-order valence-corrected chi connectivity index (χ3v) is 1.94. The lowest BCUT2D eigenvalue weighted by Crippen LogP contribution is -2.06. The minimum atomic E-state index is 0.653. The first-order valence-electron chi connectivity index (χ1n) is 4.55. The van der Waals surface area contributed by atoms with Gasteiger partial charge < -0.3 is 9.73 Å². The summed E-state index contributed by atoms with van der Waals surface area (Å²) in [6, 6.07) is 3.79. The summed E-state index contributed by atoms with van der Waals surface area (Å²) in [5.74, 6) is 1.80. The highest BCUT2D eigenvalue weighted by Gasteiger charge is 2.01. The lowest BCUT2D eigenvalue weighted by Gasteiger charge is -2.04. The average Bonchev–Trinajstić information content (AvgIpc) is 2.85. The van der Waals surface area contributed by atoms with Crippen molar-refractivity contribution in [2.75, 3.05) is 5.32 Å². The summed E-state index contributed by atoms with van der Waals surface area (Å²) in [6.45, 7) is 3.48. The smallest absolute Gasteiger partial charge is 0.145 e. The van der Waals surface area contributed by atoms with Crippen LogP contribution in [0.2, 0.25) is 0 Å². The van der Waals surface area contributed by atoms with E-state index in [1.54, 1.807) is 17.1 Å². The van der Waals surface area contributed by atoms with Crippen molar-refractivity contribution in [3.63, 3.8) is 0 Å². The second-order valence-electron chi connectivity index (χ2n) is 2.87. The molecule has 2 rings (SSSR count). The number of hydrogen-bond donors (Lipinski definition) is 1. The van der Waals surface area contributed by atoms with Crippen molar-refractivity contribution in [1.29, 1.82) is 0 Å². The van der Waals surface area contributed by atoms with Crippen molar-refractivity contribution < 1.29 is 4.42 Å². The van der Waals surface area contributed by atoms with E-state index in [1.165, 1.54) is 0 Å². The fraction of sp³-hybridized carbons (Fsp3) is 0.333. The molecule has 0 atom stereocenters. The van der Waals surface area contributed by atoms with Gasteiger partial charge in [0, 0.05) is 6.54 Å². The third kappa shape index (κ3) is 1.76. The molecule has 74 valence electrons. The molecule has 0 aliphatic heterocycles. The summed E-state index contributed by atoms with van der Waals surface area (Å²) in [6.07, 6.45) is 3.36. The van der Waals surface area contributed by atoms with Gasteiger partial charge in [-0.3, -0.25) is 0 Å². The number of nitrogens with one attached hydrogen (secondary N) is 1. The van der Waals surface area contributed by atoms with Crippen LogP contribution in [0.4, 0.5) is 5.82 Å². The highest BCUT2D eigenvalue weighted by Crippen LogP contribution is 2.07. The van der Waals surface area contributed by atoms with E-state index in [9.17, 15) is 0 Å². The zero-order valence-corrected chi connectivity index (χ0v) is 7.97. The number of aryl methyl sites for hydroxylation is 1. The Morgan fingerprint density at radius 3 is 3.21 bits per heavy atom. The Morgan fingerprint density at radius 2 is 2.50 bits per heavy atom. The van der Waals surface area contributed by atoms with Gasteiger partial charge in [0.15, 0.2) is 0 Å². The Hall–Kier alpha value is -1.78. The zero-order chi connectivity index (χ0) is 9.80. The summed E-state index contributed by atoms with van der Waals surface area (Å²) in [4.78, 5) is 0. The van der Waals surface area contributed by atoms with Crippen molar-refractivity contribution >= 4 is 5.82 Å². The van der Waals surface area contributed by atoms with Crippen LogP contribution in [0.5, 0.6) is 0 Å². The maximum absolute atomic E-state index is 5.19. The summed E-state index contributed by atoms with van der Waals surface area (Å²) in [5, 5.41) is 10.9. The van der Waals surface area contributed by atoms with Crippen LogP contribution in [0.15, 0.2) is 29.0 Å². The number of anilines is 1. The first-order chi connectivity index (χ1) is 6.90. The van der Waals surface area contributed by atoms with Gasteiger partial charge in [0.2, 0.25) is 0 Å². The molecular weight excluding hydrogens is 180 g/mol. The van der Waals surface area contributed by atoms with E-state index in [0.29, 0.717) is 6.54 Å². The first kappa shape index (κ1) is 8.80. The van der Waals surface area contributed by atoms with E-state index >= 15 is 0 Å². The Morgan fingerprint density at radius 1 is 1.57 bits per heavy atom. The molecule has 0 aliphatic rings. The number of rotatable bonds is 4. The quantitative estimate of drug-likeness (QED) is 0.797. The molecule has 0 aliphatic carbocycles. The van der Waals surface area contributed by atoms with Crippen molar-refractivity contribution in [2.45, 2.75) is 20.0 Å². The van der Waals surface area contributed by atoms with Crippen molar-refractivity contribution in [2.24, 2.45) is 0 Å². The van der Waals surface area contributed by atoms with Crippen LogP contribution in [0.1, 0.15) is 12.7 Å². The average molecular weight is 192 g/mol. The molecule has 2 aromatic rings. The van der Waals surface area contributed by atoms with Gasteiger partial charge in [-0.05, 0) is 19.1 Å².